The molecule has 0 spiro atoms. The van der Waals surface area contributed by atoms with Crippen LogP contribution in [0.25, 0.3) is 0 Å². The highest BCUT2D eigenvalue weighted by atomic mass is 79.9. The summed E-state index contributed by atoms with van der Waals surface area (Å²) in [4.78, 5) is 0. The molecule has 0 fully saturated rings. The van der Waals surface area contributed by atoms with Crippen molar-refractivity contribution in [3.05, 3.63) is 22.2 Å². The average Bonchev–Trinajstić information content (AvgIpc) is 2.53. The Labute approximate surface area is 79.6 Å². The maximum atomic E-state index is 5.44. The predicted molar refractivity (Wildman–Crippen MR) is 49.9 cm³/mol. The zero-order valence-corrected chi connectivity index (χ0v) is 8.35. The Morgan fingerprint density at radius 1 is 1.50 bits per heavy atom. The van der Waals surface area contributed by atoms with Gasteiger partial charge in [-0.3, -0.25) is 0 Å². The number of hydrogen-bond donors (Lipinski definition) is 0. The minimum absolute atomic E-state index is 0.779. The van der Waals surface area contributed by atoms with E-state index in [1.54, 1.807) is 7.11 Å². The van der Waals surface area contributed by atoms with Gasteiger partial charge in [0.1, 0.15) is 16.0 Å². The third kappa shape index (κ3) is 1.08. The van der Waals surface area contributed by atoms with Crippen LogP contribution in [0.2, 0.25) is 0 Å². The Bertz CT molecular complexity index is 310. The number of benzene rings is 1. The summed E-state index contributed by atoms with van der Waals surface area (Å²) in [6, 6.07) is 4.00. The first-order valence-electron chi connectivity index (χ1n) is 3.81. The number of methoxy groups -OCH3 is 1. The van der Waals surface area contributed by atoms with E-state index < -0.39 is 0 Å². The van der Waals surface area contributed by atoms with E-state index >= 15 is 0 Å². The van der Waals surface area contributed by atoms with Gasteiger partial charge >= 0.3 is 0 Å². The smallest absolute Gasteiger partial charge is 0.140 e. The Balaban J connectivity index is 2.54. The zero-order valence-electron chi connectivity index (χ0n) is 6.76. The summed E-state index contributed by atoms with van der Waals surface area (Å²) in [5.41, 5.74) is 1.25. The van der Waals surface area contributed by atoms with Crippen LogP contribution >= 0.6 is 15.9 Å². The second kappa shape index (κ2) is 2.98. The second-order valence-corrected chi connectivity index (χ2v) is 3.46. The van der Waals surface area contributed by atoms with E-state index in [1.807, 2.05) is 12.1 Å². The van der Waals surface area contributed by atoms with Gasteiger partial charge < -0.3 is 9.47 Å². The molecule has 0 bridgehead atoms. The highest BCUT2D eigenvalue weighted by molar-refractivity contribution is 9.10. The lowest BCUT2D eigenvalue weighted by atomic mass is 10.2. The fourth-order valence-electron chi connectivity index (χ4n) is 1.35. The summed E-state index contributed by atoms with van der Waals surface area (Å²) in [7, 11) is 1.65. The normalized spacial score (nSPS) is 13.8. The van der Waals surface area contributed by atoms with Gasteiger partial charge in [-0.15, -0.1) is 0 Å². The van der Waals surface area contributed by atoms with E-state index in [1.165, 1.54) is 5.56 Å². The first-order valence-corrected chi connectivity index (χ1v) is 4.60. The molecule has 0 radical (unpaired) electrons. The number of ether oxygens (including phenoxy) is 2. The Morgan fingerprint density at radius 2 is 2.33 bits per heavy atom. The molecule has 0 unspecified atom stereocenters. The van der Waals surface area contributed by atoms with Crippen molar-refractivity contribution in [2.45, 2.75) is 6.42 Å². The molecule has 0 N–H and O–H groups in total. The SMILES string of the molecule is COc1ccc2c(c1Br)OCC2. The zero-order chi connectivity index (χ0) is 8.55. The maximum Gasteiger partial charge on any atom is 0.140 e. The Morgan fingerprint density at radius 3 is 3.08 bits per heavy atom. The highest BCUT2D eigenvalue weighted by Crippen LogP contribution is 2.39. The van der Waals surface area contributed by atoms with Crippen LogP contribution in [-0.4, -0.2) is 13.7 Å². The molecule has 0 amide bonds. The van der Waals surface area contributed by atoms with E-state index in [9.17, 15) is 0 Å². The van der Waals surface area contributed by atoms with Crippen LogP contribution in [0.4, 0.5) is 0 Å². The third-order valence-corrected chi connectivity index (χ3v) is 2.73. The molecule has 0 aromatic heterocycles. The van der Waals surface area contributed by atoms with Crippen molar-refractivity contribution in [2.75, 3.05) is 13.7 Å². The number of rotatable bonds is 1. The van der Waals surface area contributed by atoms with Crippen LogP contribution in [-0.2, 0) is 6.42 Å². The summed E-state index contributed by atoms with van der Waals surface area (Å²) >= 11 is 3.44. The third-order valence-electron chi connectivity index (χ3n) is 1.98. The predicted octanol–water partition coefficient (Wildman–Crippen LogP) is 2.39. The van der Waals surface area contributed by atoms with Crippen LogP contribution in [0.1, 0.15) is 5.56 Å². The molecule has 1 heterocycles. The molecule has 12 heavy (non-hydrogen) atoms. The van der Waals surface area contributed by atoms with E-state index in [0.717, 1.165) is 29.0 Å². The molecule has 3 heteroatoms. The van der Waals surface area contributed by atoms with Crippen molar-refractivity contribution in [1.29, 1.82) is 0 Å². The van der Waals surface area contributed by atoms with E-state index in [0.29, 0.717) is 0 Å². The van der Waals surface area contributed by atoms with Crippen molar-refractivity contribution in [3.8, 4) is 11.5 Å². The second-order valence-electron chi connectivity index (χ2n) is 2.67. The molecule has 0 saturated heterocycles. The molecular weight excluding hydrogens is 220 g/mol. The molecule has 1 aliphatic heterocycles. The average molecular weight is 229 g/mol. The molecule has 0 atom stereocenters. The molecule has 1 aliphatic rings. The topological polar surface area (TPSA) is 18.5 Å². The Kier molecular flexibility index (Phi) is 1.97. The minimum atomic E-state index is 0.779. The number of halogens is 1. The van der Waals surface area contributed by atoms with Gasteiger partial charge in [0.25, 0.3) is 0 Å². The lowest BCUT2D eigenvalue weighted by Crippen LogP contribution is -1.88. The largest absolute Gasteiger partial charge is 0.495 e. The molecule has 0 aliphatic carbocycles. The number of fused-ring (bicyclic) bond motifs is 1. The molecular formula is C9H9BrO2. The summed E-state index contributed by atoms with van der Waals surface area (Å²) in [6.45, 7) is 0.779. The van der Waals surface area contributed by atoms with Gasteiger partial charge in [-0.1, -0.05) is 6.07 Å². The lowest BCUT2D eigenvalue weighted by molar-refractivity contribution is 0.350. The van der Waals surface area contributed by atoms with Crippen LogP contribution in [0.5, 0.6) is 11.5 Å². The first-order chi connectivity index (χ1) is 5.83. The van der Waals surface area contributed by atoms with Gasteiger partial charge in [0.2, 0.25) is 0 Å². The summed E-state index contributed by atoms with van der Waals surface area (Å²) in [5, 5.41) is 0. The maximum absolute atomic E-state index is 5.44. The van der Waals surface area contributed by atoms with Crippen LogP contribution < -0.4 is 9.47 Å². The quantitative estimate of drug-likeness (QED) is 0.736. The van der Waals surface area contributed by atoms with Crippen LogP contribution in [0.15, 0.2) is 16.6 Å². The molecule has 1 aromatic rings. The van der Waals surface area contributed by atoms with Gasteiger partial charge in [-0.05, 0) is 27.6 Å². The fraction of sp³-hybridized carbons (Fsp3) is 0.333. The van der Waals surface area contributed by atoms with E-state index in [-0.39, 0.29) is 0 Å². The van der Waals surface area contributed by atoms with Crippen molar-refractivity contribution in [1.82, 2.24) is 0 Å². The summed E-state index contributed by atoms with van der Waals surface area (Å²) in [5.74, 6) is 1.77. The highest BCUT2D eigenvalue weighted by Gasteiger charge is 2.17. The first kappa shape index (κ1) is 7.92. The molecule has 2 rings (SSSR count). The summed E-state index contributed by atoms with van der Waals surface area (Å²) in [6.07, 6.45) is 0.998. The van der Waals surface area contributed by atoms with Crippen molar-refractivity contribution >= 4 is 15.9 Å². The molecule has 0 saturated carbocycles. The lowest BCUT2D eigenvalue weighted by Gasteiger charge is -2.06. The van der Waals surface area contributed by atoms with Gasteiger partial charge in [0.05, 0.1) is 13.7 Å². The van der Waals surface area contributed by atoms with E-state index in [4.69, 9.17) is 9.47 Å². The molecule has 1 aromatic carbocycles. The van der Waals surface area contributed by atoms with Crippen molar-refractivity contribution in [3.63, 3.8) is 0 Å². The monoisotopic (exact) mass is 228 g/mol. The molecule has 2 nitrogen and oxygen atoms in total. The van der Waals surface area contributed by atoms with Crippen molar-refractivity contribution in [2.24, 2.45) is 0 Å². The summed E-state index contributed by atoms with van der Waals surface area (Å²) < 4.78 is 11.5. The van der Waals surface area contributed by atoms with Gasteiger partial charge in [-0.25, -0.2) is 0 Å². The standard InChI is InChI=1S/C9H9BrO2/c1-11-7-3-2-6-4-5-12-9(6)8(7)10/h2-3H,4-5H2,1H3. The van der Waals surface area contributed by atoms with Crippen LogP contribution in [0, 0.1) is 0 Å². The molecule has 64 valence electrons. The van der Waals surface area contributed by atoms with Gasteiger partial charge in [0.15, 0.2) is 0 Å². The van der Waals surface area contributed by atoms with Gasteiger partial charge in [0, 0.05) is 6.42 Å². The van der Waals surface area contributed by atoms with Crippen molar-refractivity contribution < 1.29 is 9.47 Å². The Hall–Kier alpha value is -0.700. The van der Waals surface area contributed by atoms with Gasteiger partial charge in [-0.2, -0.15) is 0 Å². The van der Waals surface area contributed by atoms with E-state index in [2.05, 4.69) is 15.9 Å². The van der Waals surface area contributed by atoms with Crippen LogP contribution in [0.3, 0.4) is 0 Å². The fourth-order valence-corrected chi connectivity index (χ4v) is 2.01. The number of hydrogen-bond acceptors (Lipinski definition) is 2. The minimum Gasteiger partial charge on any atom is -0.495 e.